The van der Waals surface area contributed by atoms with E-state index in [0.29, 0.717) is 11.7 Å². The van der Waals surface area contributed by atoms with Crippen LogP contribution in [0.4, 0.5) is 19.0 Å². The summed E-state index contributed by atoms with van der Waals surface area (Å²) in [5.74, 6) is 0.761. The molecule has 1 N–H and O–H groups in total. The summed E-state index contributed by atoms with van der Waals surface area (Å²) in [5, 5.41) is 3.25. The van der Waals surface area contributed by atoms with E-state index in [2.05, 4.69) is 20.2 Å². The Bertz CT molecular complexity index is 721. The summed E-state index contributed by atoms with van der Waals surface area (Å²) in [6, 6.07) is 5.10. The van der Waals surface area contributed by atoms with E-state index in [-0.39, 0.29) is 19.0 Å². The summed E-state index contributed by atoms with van der Waals surface area (Å²) in [7, 11) is 0. The fourth-order valence-electron chi connectivity index (χ4n) is 2.63. The highest BCUT2D eigenvalue weighted by Crippen LogP contribution is 2.35. The number of anilines is 1. The van der Waals surface area contributed by atoms with E-state index in [0.717, 1.165) is 32.2 Å². The normalized spacial score (nSPS) is 15.0. The van der Waals surface area contributed by atoms with Crippen LogP contribution in [-0.4, -0.2) is 49.4 Å². The van der Waals surface area contributed by atoms with Gasteiger partial charge in [0.05, 0.1) is 5.56 Å². The second-order valence-electron chi connectivity index (χ2n) is 5.61. The van der Waals surface area contributed by atoms with E-state index < -0.39 is 11.7 Å². The first kappa shape index (κ1) is 18.2. The minimum atomic E-state index is -4.46. The Labute approximate surface area is 149 Å². The lowest BCUT2D eigenvalue weighted by molar-refractivity contribution is -0.139. The molecule has 1 aromatic carbocycles. The van der Waals surface area contributed by atoms with Gasteiger partial charge >= 0.3 is 6.18 Å². The van der Waals surface area contributed by atoms with Gasteiger partial charge in [0.25, 0.3) is 5.88 Å². The number of aromatic nitrogens is 2. The van der Waals surface area contributed by atoms with E-state index in [1.165, 1.54) is 24.4 Å². The molecule has 1 saturated heterocycles. The third-order valence-corrected chi connectivity index (χ3v) is 3.84. The molecule has 6 nitrogen and oxygen atoms in total. The molecule has 9 heteroatoms. The maximum atomic E-state index is 12.9. The summed E-state index contributed by atoms with van der Waals surface area (Å²) in [4.78, 5) is 10.5. The van der Waals surface area contributed by atoms with Crippen LogP contribution in [0.25, 0.3) is 0 Å². The van der Waals surface area contributed by atoms with Gasteiger partial charge in [-0.25, -0.2) is 9.97 Å². The van der Waals surface area contributed by atoms with Gasteiger partial charge in [-0.15, -0.1) is 0 Å². The zero-order valence-corrected chi connectivity index (χ0v) is 14.0. The van der Waals surface area contributed by atoms with Crippen LogP contribution in [-0.2, 0) is 6.18 Å². The average molecular weight is 368 g/mol. The predicted octanol–water partition coefficient (Wildman–Crippen LogP) is 2.36. The molecule has 0 atom stereocenters. The Balaban J connectivity index is 1.58. The molecular weight excluding hydrogens is 349 g/mol. The maximum absolute atomic E-state index is 12.9. The molecule has 0 unspecified atom stereocenters. The minimum absolute atomic E-state index is 0.0370. The van der Waals surface area contributed by atoms with Gasteiger partial charge in [0.2, 0.25) is 0 Å². The third-order valence-electron chi connectivity index (χ3n) is 3.84. The highest BCUT2D eigenvalue weighted by atomic mass is 19.4. The van der Waals surface area contributed by atoms with Crippen LogP contribution in [0.1, 0.15) is 5.56 Å². The smallest absolute Gasteiger partial charge is 0.419 e. The van der Waals surface area contributed by atoms with Crippen molar-refractivity contribution in [3.8, 4) is 11.6 Å². The first-order chi connectivity index (χ1) is 12.6. The minimum Gasteiger partial charge on any atom is -0.489 e. The van der Waals surface area contributed by atoms with Gasteiger partial charge in [0.1, 0.15) is 19.0 Å². The zero-order chi connectivity index (χ0) is 18.4. The second-order valence-corrected chi connectivity index (χ2v) is 5.61. The van der Waals surface area contributed by atoms with Gasteiger partial charge in [-0.3, -0.25) is 0 Å². The molecule has 0 bridgehead atoms. The summed E-state index contributed by atoms with van der Waals surface area (Å²) in [5.41, 5.74) is -0.805. The molecule has 0 aliphatic carbocycles. The number of rotatable bonds is 6. The van der Waals surface area contributed by atoms with Crippen molar-refractivity contribution in [1.82, 2.24) is 15.3 Å². The fraction of sp³-hybridized carbons (Fsp3) is 0.412. The molecule has 0 amide bonds. The summed E-state index contributed by atoms with van der Waals surface area (Å²) >= 11 is 0. The molecule has 2 aromatic rings. The van der Waals surface area contributed by atoms with Crippen LogP contribution in [0.5, 0.6) is 11.6 Å². The van der Waals surface area contributed by atoms with Gasteiger partial charge in [-0.1, -0.05) is 12.1 Å². The van der Waals surface area contributed by atoms with Crippen molar-refractivity contribution in [3.05, 3.63) is 42.2 Å². The standard InChI is InChI=1S/C17H19F3N4O2/c18-17(19,20)13-3-1-2-4-14(13)25-11-12-26-16-15(22-5-6-23-16)24-9-7-21-8-10-24/h1-6,21H,7-12H2. The monoisotopic (exact) mass is 368 g/mol. The average Bonchev–Trinajstić information content (AvgIpc) is 2.66. The molecule has 0 saturated carbocycles. The van der Waals surface area contributed by atoms with Crippen LogP contribution in [0.3, 0.4) is 0 Å². The van der Waals surface area contributed by atoms with Gasteiger partial charge in [-0.2, -0.15) is 13.2 Å². The van der Waals surface area contributed by atoms with Crippen molar-refractivity contribution in [2.24, 2.45) is 0 Å². The number of halogens is 3. The topological polar surface area (TPSA) is 59.5 Å². The number of para-hydroxylation sites is 1. The van der Waals surface area contributed by atoms with Crippen molar-refractivity contribution in [2.45, 2.75) is 6.18 Å². The molecule has 3 rings (SSSR count). The fourth-order valence-corrected chi connectivity index (χ4v) is 2.63. The van der Waals surface area contributed by atoms with Crippen molar-refractivity contribution >= 4 is 5.82 Å². The Morgan fingerprint density at radius 1 is 1.00 bits per heavy atom. The van der Waals surface area contributed by atoms with Crippen LogP contribution >= 0.6 is 0 Å². The van der Waals surface area contributed by atoms with Crippen LogP contribution in [0.15, 0.2) is 36.7 Å². The molecule has 0 spiro atoms. The summed E-state index contributed by atoms with van der Waals surface area (Å²) < 4.78 is 49.7. The predicted molar refractivity (Wildman–Crippen MR) is 89.5 cm³/mol. The number of ether oxygens (including phenoxy) is 2. The third kappa shape index (κ3) is 4.54. The first-order valence-electron chi connectivity index (χ1n) is 8.24. The Kier molecular flexibility index (Phi) is 5.77. The van der Waals surface area contributed by atoms with Crippen molar-refractivity contribution in [2.75, 3.05) is 44.3 Å². The molecule has 1 fully saturated rings. The van der Waals surface area contributed by atoms with E-state index in [1.807, 2.05) is 0 Å². The van der Waals surface area contributed by atoms with Crippen molar-refractivity contribution in [3.63, 3.8) is 0 Å². The number of benzene rings is 1. The van der Waals surface area contributed by atoms with E-state index in [4.69, 9.17) is 9.47 Å². The molecule has 1 aliphatic heterocycles. The summed E-state index contributed by atoms with van der Waals surface area (Å²) in [6.45, 7) is 3.27. The van der Waals surface area contributed by atoms with E-state index >= 15 is 0 Å². The first-order valence-corrected chi connectivity index (χ1v) is 8.24. The van der Waals surface area contributed by atoms with E-state index in [9.17, 15) is 13.2 Å². The quantitative estimate of drug-likeness (QED) is 0.790. The number of nitrogens with zero attached hydrogens (tertiary/aromatic N) is 3. The maximum Gasteiger partial charge on any atom is 0.419 e. The van der Waals surface area contributed by atoms with Crippen molar-refractivity contribution in [1.29, 1.82) is 0 Å². The van der Waals surface area contributed by atoms with Crippen LogP contribution in [0, 0.1) is 0 Å². The lowest BCUT2D eigenvalue weighted by Crippen LogP contribution is -2.44. The lowest BCUT2D eigenvalue weighted by atomic mass is 10.2. The highest BCUT2D eigenvalue weighted by Gasteiger charge is 2.34. The number of piperazine rings is 1. The Hall–Kier alpha value is -2.55. The molecule has 1 aromatic heterocycles. The van der Waals surface area contributed by atoms with Crippen molar-refractivity contribution < 1.29 is 22.6 Å². The van der Waals surface area contributed by atoms with Crippen LogP contribution < -0.4 is 19.7 Å². The highest BCUT2D eigenvalue weighted by molar-refractivity contribution is 5.48. The zero-order valence-electron chi connectivity index (χ0n) is 14.0. The molecule has 1 aliphatic rings. The summed E-state index contributed by atoms with van der Waals surface area (Å²) in [6.07, 6.45) is -1.36. The largest absolute Gasteiger partial charge is 0.489 e. The molecule has 2 heterocycles. The SMILES string of the molecule is FC(F)(F)c1ccccc1OCCOc1nccnc1N1CCNCC1. The van der Waals surface area contributed by atoms with Gasteiger partial charge in [0.15, 0.2) is 5.82 Å². The molecular formula is C17H19F3N4O2. The molecule has 0 radical (unpaired) electrons. The number of nitrogens with one attached hydrogen (secondary N) is 1. The van der Waals surface area contributed by atoms with Gasteiger partial charge < -0.3 is 19.7 Å². The Morgan fingerprint density at radius 2 is 1.69 bits per heavy atom. The van der Waals surface area contributed by atoms with E-state index in [1.54, 1.807) is 6.20 Å². The Morgan fingerprint density at radius 3 is 2.46 bits per heavy atom. The molecule has 26 heavy (non-hydrogen) atoms. The number of hydrogen-bond acceptors (Lipinski definition) is 6. The molecule has 140 valence electrons. The van der Waals surface area contributed by atoms with Crippen LogP contribution in [0.2, 0.25) is 0 Å². The van der Waals surface area contributed by atoms with Gasteiger partial charge in [-0.05, 0) is 12.1 Å². The van der Waals surface area contributed by atoms with Gasteiger partial charge in [0, 0.05) is 38.6 Å². The number of hydrogen-bond donors (Lipinski definition) is 1. The lowest BCUT2D eigenvalue weighted by Gasteiger charge is -2.28. The number of alkyl halides is 3. The second kappa shape index (κ2) is 8.22.